The van der Waals surface area contributed by atoms with Crippen molar-refractivity contribution in [3.05, 3.63) is 64.6 Å². The van der Waals surface area contributed by atoms with Crippen LogP contribution in [0.25, 0.3) is 16.9 Å². The Bertz CT molecular complexity index is 1470. The lowest BCUT2D eigenvalue weighted by Crippen LogP contribution is -2.24. The number of rotatable bonds is 5. The monoisotopic (exact) mass is 451 g/mol. The zero-order chi connectivity index (χ0) is 23.0. The van der Waals surface area contributed by atoms with Crippen molar-refractivity contribution in [2.45, 2.75) is 26.8 Å². The molecule has 32 heavy (non-hydrogen) atoms. The van der Waals surface area contributed by atoms with Gasteiger partial charge in [0, 0.05) is 40.2 Å². The lowest BCUT2D eigenvalue weighted by molar-refractivity contribution is 0.472. The summed E-state index contributed by atoms with van der Waals surface area (Å²) in [5.41, 5.74) is 2.20. The average Bonchev–Trinajstić information content (AvgIpc) is 3.01. The number of benzene rings is 1. The topological polar surface area (TPSA) is 107 Å². The molecule has 10 heteroatoms. The first kappa shape index (κ1) is 21.7. The van der Waals surface area contributed by atoms with Crippen molar-refractivity contribution in [1.29, 1.82) is 0 Å². The fourth-order valence-electron chi connectivity index (χ4n) is 3.32. The Kier molecular flexibility index (Phi) is 5.55. The number of fused-ring (bicyclic) bond motifs is 1. The molecular formula is C22H25N7O2S. The van der Waals surface area contributed by atoms with Gasteiger partial charge >= 0.3 is 0 Å². The van der Waals surface area contributed by atoms with Crippen molar-refractivity contribution < 1.29 is 4.21 Å². The average molecular weight is 452 g/mol. The van der Waals surface area contributed by atoms with Gasteiger partial charge < -0.3 is 5.32 Å². The van der Waals surface area contributed by atoms with Crippen LogP contribution in [0.4, 0.5) is 17.5 Å². The van der Waals surface area contributed by atoms with Crippen molar-refractivity contribution in [3.8, 4) is 5.82 Å². The molecule has 0 spiro atoms. The molecule has 0 amide bonds. The zero-order valence-corrected chi connectivity index (χ0v) is 19.4. The summed E-state index contributed by atoms with van der Waals surface area (Å²) < 4.78 is 19.6. The van der Waals surface area contributed by atoms with E-state index in [2.05, 4.69) is 24.6 Å². The molecule has 0 saturated heterocycles. The zero-order valence-electron chi connectivity index (χ0n) is 18.6. The van der Waals surface area contributed by atoms with E-state index in [-0.39, 0.29) is 11.6 Å². The van der Waals surface area contributed by atoms with Gasteiger partial charge in [-0.2, -0.15) is 9.35 Å². The molecule has 9 nitrogen and oxygen atoms in total. The summed E-state index contributed by atoms with van der Waals surface area (Å²) in [6.07, 6.45) is 4.62. The molecule has 4 rings (SSSR count). The van der Waals surface area contributed by atoms with Crippen molar-refractivity contribution in [1.82, 2.24) is 24.3 Å². The van der Waals surface area contributed by atoms with Crippen LogP contribution in [0.15, 0.2) is 57.8 Å². The minimum atomic E-state index is -2.39. The number of aryl methyl sites for hydroxylation is 1. The summed E-state index contributed by atoms with van der Waals surface area (Å²) in [7, 11) is -2.39. The first-order valence-corrected chi connectivity index (χ1v) is 12.4. The summed E-state index contributed by atoms with van der Waals surface area (Å²) >= 11 is 0. The first-order valence-electron chi connectivity index (χ1n) is 10.1. The van der Waals surface area contributed by atoms with Crippen LogP contribution in [0.3, 0.4) is 0 Å². The Morgan fingerprint density at radius 3 is 2.44 bits per heavy atom. The number of pyridine rings is 1. The largest absolute Gasteiger partial charge is 0.324 e. The highest BCUT2D eigenvalue weighted by Crippen LogP contribution is 2.22. The number of nitrogens with zero attached hydrogens (tertiary/aromatic N) is 6. The van der Waals surface area contributed by atoms with E-state index in [0.29, 0.717) is 28.6 Å². The van der Waals surface area contributed by atoms with Gasteiger partial charge in [0.2, 0.25) is 5.95 Å². The van der Waals surface area contributed by atoms with E-state index in [1.807, 2.05) is 45.0 Å². The third kappa shape index (κ3) is 4.40. The number of hydrogen-bond donors (Lipinski definition) is 1. The van der Waals surface area contributed by atoms with Crippen LogP contribution in [0, 0.1) is 6.92 Å². The van der Waals surface area contributed by atoms with Crippen molar-refractivity contribution in [2.75, 3.05) is 17.8 Å². The molecule has 0 bridgehead atoms. The maximum Gasteiger partial charge on any atom is 0.278 e. The van der Waals surface area contributed by atoms with Gasteiger partial charge in [0.1, 0.15) is 5.39 Å². The molecule has 4 aromatic rings. The number of anilines is 2. The molecule has 0 fully saturated rings. The van der Waals surface area contributed by atoms with E-state index in [1.54, 1.807) is 40.1 Å². The molecule has 0 saturated carbocycles. The summed E-state index contributed by atoms with van der Waals surface area (Å²) in [4.78, 5) is 26.6. The van der Waals surface area contributed by atoms with E-state index in [1.165, 1.54) is 6.20 Å². The van der Waals surface area contributed by atoms with Crippen LogP contribution in [-0.2, 0) is 9.73 Å². The van der Waals surface area contributed by atoms with Crippen LogP contribution >= 0.6 is 0 Å². The highest BCUT2D eigenvalue weighted by Gasteiger charge is 2.20. The van der Waals surface area contributed by atoms with Gasteiger partial charge in [-0.05, 0) is 45.0 Å². The second-order valence-electron chi connectivity index (χ2n) is 8.10. The van der Waals surface area contributed by atoms with E-state index < -0.39 is 9.73 Å². The molecule has 0 atom stereocenters. The molecule has 1 N–H and O–H groups in total. The maximum atomic E-state index is 13.1. The molecular weight excluding hydrogens is 426 g/mol. The predicted molar refractivity (Wildman–Crippen MR) is 128 cm³/mol. The SMILES string of the molecule is Cc1ccc(Nc2ncc3c(=O)n(C(C)C)n(-c4cccc(N=S(C)(C)=O)n4)c3n2)cc1. The molecule has 1 aromatic carbocycles. The Hall–Kier alpha value is -3.53. The number of aromatic nitrogens is 5. The number of nitrogens with one attached hydrogen (secondary N) is 1. The van der Waals surface area contributed by atoms with Crippen molar-refractivity contribution in [2.24, 2.45) is 4.36 Å². The highest BCUT2D eigenvalue weighted by molar-refractivity contribution is 7.92. The second-order valence-corrected chi connectivity index (χ2v) is 10.6. The van der Waals surface area contributed by atoms with Crippen LogP contribution < -0.4 is 10.9 Å². The molecule has 3 heterocycles. The Labute approximate surface area is 186 Å². The predicted octanol–water partition coefficient (Wildman–Crippen LogP) is 3.97. The van der Waals surface area contributed by atoms with E-state index in [4.69, 9.17) is 0 Å². The fraction of sp³-hybridized carbons (Fsp3) is 0.273. The van der Waals surface area contributed by atoms with E-state index in [9.17, 15) is 9.00 Å². The van der Waals surface area contributed by atoms with Gasteiger partial charge in [0.05, 0.1) is 0 Å². The van der Waals surface area contributed by atoms with Crippen molar-refractivity contribution in [3.63, 3.8) is 0 Å². The van der Waals surface area contributed by atoms with E-state index in [0.717, 1.165) is 11.3 Å². The normalized spacial score (nSPS) is 11.8. The fourth-order valence-corrected chi connectivity index (χ4v) is 3.87. The van der Waals surface area contributed by atoms with Gasteiger partial charge in [-0.1, -0.05) is 23.8 Å². The Morgan fingerprint density at radius 2 is 1.78 bits per heavy atom. The van der Waals surface area contributed by atoms with Crippen LogP contribution in [0.5, 0.6) is 0 Å². The molecule has 0 radical (unpaired) electrons. The minimum Gasteiger partial charge on any atom is -0.324 e. The lowest BCUT2D eigenvalue weighted by atomic mass is 10.2. The summed E-state index contributed by atoms with van der Waals surface area (Å²) in [5.74, 6) is 1.15. The van der Waals surface area contributed by atoms with Crippen LogP contribution in [0.1, 0.15) is 25.5 Å². The summed E-state index contributed by atoms with van der Waals surface area (Å²) in [5, 5.41) is 3.56. The van der Waals surface area contributed by atoms with E-state index >= 15 is 0 Å². The Morgan fingerprint density at radius 1 is 1.06 bits per heavy atom. The summed E-state index contributed by atoms with van der Waals surface area (Å²) in [6.45, 7) is 5.84. The molecule has 3 aromatic heterocycles. The number of hydrogen-bond acceptors (Lipinski definition) is 7. The highest BCUT2D eigenvalue weighted by atomic mass is 32.2. The maximum absolute atomic E-state index is 13.1. The standard InChI is InChI=1S/C22H25N7O2S/c1-14(2)28-21(30)17-13-23-22(24-16-11-9-15(3)10-12-16)26-20(17)29(28)19-8-6-7-18(25-19)27-32(4,5)31/h6-14H,1-5H3,(H,23,24,26). The molecule has 0 unspecified atom stereocenters. The second kappa shape index (κ2) is 8.19. The molecule has 0 aliphatic rings. The smallest absolute Gasteiger partial charge is 0.278 e. The van der Waals surface area contributed by atoms with Gasteiger partial charge in [-0.3, -0.25) is 4.79 Å². The summed E-state index contributed by atoms with van der Waals surface area (Å²) in [6, 6.07) is 12.9. The van der Waals surface area contributed by atoms with Crippen LogP contribution in [0.2, 0.25) is 0 Å². The quantitative estimate of drug-likeness (QED) is 0.492. The molecule has 0 aliphatic heterocycles. The minimum absolute atomic E-state index is 0.158. The van der Waals surface area contributed by atoms with Crippen molar-refractivity contribution >= 4 is 38.2 Å². The third-order valence-electron chi connectivity index (χ3n) is 4.67. The molecule has 166 valence electrons. The van der Waals surface area contributed by atoms with Gasteiger partial charge in [0.15, 0.2) is 17.3 Å². The van der Waals surface area contributed by atoms with Gasteiger partial charge in [-0.25, -0.2) is 23.5 Å². The Balaban J connectivity index is 1.91. The molecule has 0 aliphatic carbocycles. The van der Waals surface area contributed by atoms with Gasteiger partial charge in [0.25, 0.3) is 5.56 Å². The third-order valence-corrected chi connectivity index (χ3v) is 5.30. The van der Waals surface area contributed by atoms with Crippen LogP contribution in [-0.4, -0.2) is 41.0 Å². The van der Waals surface area contributed by atoms with Gasteiger partial charge in [-0.15, -0.1) is 0 Å². The first-order chi connectivity index (χ1) is 15.1. The lowest BCUT2D eigenvalue weighted by Gasteiger charge is -2.15.